The molecule has 8 aromatic rings. The minimum Gasteiger partial charge on any atom is -0.382 e. The van der Waals surface area contributed by atoms with Crippen molar-refractivity contribution in [2.24, 2.45) is 0 Å². The average molecular weight is 1360 g/mol. The molecule has 2 fully saturated rings. The van der Waals surface area contributed by atoms with E-state index in [9.17, 15) is 0 Å². The van der Waals surface area contributed by atoms with E-state index >= 15 is 18.3 Å². The Labute approximate surface area is 549 Å². The molecule has 20 nitrogen and oxygen atoms in total. The van der Waals surface area contributed by atoms with Crippen molar-refractivity contribution in [2.75, 3.05) is 33.7 Å². The first-order valence-electron chi connectivity index (χ1n) is 30.8. The number of benzene rings is 8. The standard InChI is InChI=1S/C70H78O20P4/c1-75-46-47-76-56-78-70-44-26-27-45-77-68(70)66(88-92(72,81-50-59-32-14-4-15-33-59)82-51-60-34-16-5-17-35-60)65(87-91(71,79-48-57-28-10-2-11-29-57)80-49-58-30-12-3-13-31-58)67(89-93(73,83-52-61-36-18-6-19-37-61)84-53-62-38-20-7-21-39-62)69(70)90-94(74,85-54-63-40-22-8-23-41-63)86-55-64-42-24-9-25-43-64/h2-25,28-43,65-69H,26-27,44-56H2,1H3/t65-,66-,67+,68+,69-,70+/m1/s1. The predicted molar refractivity (Wildman–Crippen MR) is 350 cm³/mol. The van der Waals surface area contributed by atoms with Crippen molar-refractivity contribution in [3.63, 3.8) is 0 Å². The van der Waals surface area contributed by atoms with Gasteiger partial charge in [0.15, 0.2) is 0 Å². The maximum Gasteiger partial charge on any atom is 0.475 e. The molecule has 0 N–H and O–H groups in total. The van der Waals surface area contributed by atoms with Gasteiger partial charge >= 0.3 is 31.3 Å². The molecule has 498 valence electrons. The average Bonchev–Trinajstić information content (AvgIpc) is 0.987. The van der Waals surface area contributed by atoms with E-state index in [2.05, 4.69) is 0 Å². The molecule has 0 aromatic heterocycles. The van der Waals surface area contributed by atoms with Gasteiger partial charge in [0, 0.05) is 13.7 Å². The third kappa shape index (κ3) is 21.3. The van der Waals surface area contributed by atoms with Crippen molar-refractivity contribution in [3.8, 4) is 0 Å². The monoisotopic (exact) mass is 1360 g/mol. The quantitative estimate of drug-likeness (QED) is 0.0200. The molecule has 94 heavy (non-hydrogen) atoms. The van der Waals surface area contributed by atoms with Crippen molar-refractivity contribution in [2.45, 2.75) is 108 Å². The number of ether oxygens (including phenoxy) is 4. The first-order chi connectivity index (χ1) is 45.9. The van der Waals surface area contributed by atoms with E-state index < -0.39 is 74.2 Å². The second kappa shape index (κ2) is 35.9. The molecule has 2 aliphatic rings. The summed E-state index contributed by atoms with van der Waals surface area (Å²) in [5.74, 6) is 0. The first-order valence-corrected chi connectivity index (χ1v) is 36.7. The van der Waals surface area contributed by atoms with E-state index in [0.717, 1.165) is 0 Å². The van der Waals surface area contributed by atoms with Gasteiger partial charge in [-0.15, -0.1) is 0 Å². The number of methoxy groups -OCH3 is 1. The highest BCUT2D eigenvalue weighted by Crippen LogP contribution is 2.65. The van der Waals surface area contributed by atoms with Crippen LogP contribution < -0.4 is 0 Å². The Morgan fingerprint density at radius 3 is 0.926 bits per heavy atom. The van der Waals surface area contributed by atoms with Crippen LogP contribution in [0.1, 0.15) is 63.8 Å². The summed E-state index contributed by atoms with van der Waals surface area (Å²) in [6.45, 7) is -3.21. The molecule has 24 heteroatoms. The second-order valence-corrected chi connectivity index (χ2v) is 28.5. The van der Waals surface area contributed by atoms with Gasteiger partial charge in [0.05, 0.1) is 66.1 Å². The van der Waals surface area contributed by atoms with Crippen molar-refractivity contribution < 1.29 is 91.5 Å². The lowest BCUT2D eigenvalue weighted by Crippen LogP contribution is -2.73. The summed E-state index contributed by atoms with van der Waals surface area (Å²) in [6.07, 6.45) is -9.42. The third-order valence-electron chi connectivity index (χ3n) is 15.2. The molecule has 0 radical (unpaired) electrons. The molecule has 8 aromatic carbocycles. The number of fused-ring (bicyclic) bond motifs is 1. The smallest absolute Gasteiger partial charge is 0.382 e. The zero-order valence-electron chi connectivity index (χ0n) is 52.0. The molecule has 1 aliphatic heterocycles. The number of phosphoric acid groups is 4. The molecule has 0 bridgehead atoms. The van der Waals surface area contributed by atoms with Crippen LogP contribution in [0.4, 0.5) is 0 Å². The van der Waals surface area contributed by atoms with Gasteiger partial charge in [-0.3, -0.25) is 54.3 Å². The van der Waals surface area contributed by atoms with Gasteiger partial charge < -0.3 is 18.9 Å². The number of hydrogen-bond acceptors (Lipinski definition) is 20. The first kappa shape index (κ1) is 70.8. The van der Waals surface area contributed by atoms with Crippen LogP contribution in [0, 0.1) is 0 Å². The maximum absolute atomic E-state index is 16.6. The van der Waals surface area contributed by atoms with E-state index in [1.54, 1.807) is 194 Å². The molecule has 1 aliphatic carbocycles. The zero-order chi connectivity index (χ0) is 65.2. The third-order valence-corrected chi connectivity index (χ3v) is 20.7. The summed E-state index contributed by atoms with van der Waals surface area (Å²) in [6, 6.07) is 71.1. The van der Waals surface area contributed by atoms with Crippen LogP contribution in [0.3, 0.4) is 0 Å². The molecule has 1 saturated carbocycles. The molecule has 1 heterocycles. The van der Waals surface area contributed by atoms with Crippen LogP contribution >= 0.6 is 31.3 Å². The Hall–Kier alpha value is -5.96. The second-order valence-electron chi connectivity index (χ2n) is 22.0. The van der Waals surface area contributed by atoms with Crippen LogP contribution in [0.5, 0.6) is 0 Å². The molecule has 6 atom stereocenters. The highest BCUT2D eigenvalue weighted by Gasteiger charge is 2.69. The van der Waals surface area contributed by atoms with Gasteiger partial charge in [-0.1, -0.05) is 243 Å². The van der Waals surface area contributed by atoms with Crippen LogP contribution in [-0.4, -0.2) is 69.8 Å². The lowest BCUT2D eigenvalue weighted by atomic mass is 9.72. The Kier molecular flexibility index (Phi) is 27.0. The van der Waals surface area contributed by atoms with Gasteiger partial charge in [0.25, 0.3) is 0 Å². The Morgan fingerprint density at radius 1 is 0.351 bits per heavy atom. The van der Waals surface area contributed by atoms with Crippen molar-refractivity contribution in [1.29, 1.82) is 0 Å². The van der Waals surface area contributed by atoms with Gasteiger partial charge in [-0.05, 0) is 63.8 Å². The Morgan fingerprint density at radius 2 is 0.628 bits per heavy atom. The van der Waals surface area contributed by atoms with E-state index in [1.165, 1.54) is 7.11 Å². The lowest BCUT2D eigenvalue weighted by Gasteiger charge is -2.55. The van der Waals surface area contributed by atoms with E-state index in [4.69, 9.17) is 73.2 Å². The SMILES string of the molecule is COCCOCO[C@@]12CCCCO[C@H]1[C@H](OP(=O)(OCc1ccccc1)OCc1ccccc1)[C@@H](OP(=O)(OCc1ccccc1)OCc1ccccc1)[C@H](OP(=O)(OCc1ccccc1)OCc1ccccc1)[C@H]2OP(=O)(OCc1ccccc1)OCc1ccccc1. The minimum atomic E-state index is -5.22. The van der Waals surface area contributed by atoms with Crippen LogP contribution in [-0.2, 0) is 144 Å². The summed E-state index contributed by atoms with van der Waals surface area (Å²) >= 11 is 0. The summed E-state index contributed by atoms with van der Waals surface area (Å²) < 4.78 is 171. The van der Waals surface area contributed by atoms with Crippen LogP contribution in [0.2, 0.25) is 0 Å². The number of hydrogen-bond donors (Lipinski definition) is 0. The van der Waals surface area contributed by atoms with Gasteiger partial charge in [0.2, 0.25) is 0 Å². The van der Waals surface area contributed by atoms with Gasteiger partial charge in [0.1, 0.15) is 42.9 Å². The maximum atomic E-state index is 16.6. The topological polar surface area (TPSA) is 216 Å². The number of rotatable bonds is 38. The summed E-state index contributed by atoms with van der Waals surface area (Å²) in [5.41, 5.74) is 2.40. The minimum absolute atomic E-state index is 0.0144. The van der Waals surface area contributed by atoms with E-state index in [1.807, 2.05) is 48.5 Å². The molecule has 10 rings (SSSR count). The summed E-state index contributed by atoms with van der Waals surface area (Å²) in [7, 11) is -19.1. The fraction of sp³-hybridized carbons (Fsp3) is 0.314. The van der Waals surface area contributed by atoms with E-state index in [-0.39, 0.29) is 85.5 Å². The van der Waals surface area contributed by atoms with Crippen molar-refractivity contribution in [3.05, 3.63) is 287 Å². The lowest BCUT2D eigenvalue weighted by molar-refractivity contribution is -0.298. The Bertz CT molecular complexity index is 3480. The molecule has 0 unspecified atom stereocenters. The van der Waals surface area contributed by atoms with Crippen molar-refractivity contribution in [1.82, 2.24) is 0 Å². The van der Waals surface area contributed by atoms with Crippen LogP contribution in [0.15, 0.2) is 243 Å². The van der Waals surface area contributed by atoms with Crippen LogP contribution in [0.25, 0.3) is 0 Å². The van der Waals surface area contributed by atoms with Gasteiger partial charge in [-0.2, -0.15) is 0 Å². The highest BCUT2D eigenvalue weighted by molar-refractivity contribution is 7.49. The fourth-order valence-corrected chi connectivity index (χ4v) is 15.8. The molecule has 0 amide bonds. The van der Waals surface area contributed by atoms with E-state index in [0.29, 0.717) is 50.9 Å². The van der Waals surface area contributed by atoms with Crippen molar-refractivity contribution >= 4 is 31.3 Å². The largest absolute Gasteiger partial charge is 0.475 e. The molecular formula is C70H78O20P4. The highest BCUT2D eigenvalue weighted by atomic mass is 31.2. The number of phosphoric ester groups is 4. The fourth-order valence-electron chi connectivity index (χ4n) is 10.4. The zero-order valence-corrected chi connectivity index (χ0v) is 55.6. The molecule has 1 saturated heterocycles. The van der Waals surface area contributed by atoms with Gasteiger partial charge in [-0.25, -0.2) is 18.3 Å². The Balaban J connectivity index is 1.21. The summed E-state index contributed by atoms with van der Waals surface area (Å²) in [4.78, 5) is 0. The molecule has 0 spiro atoms. The summed E-state index contributed by atoms with van der Waals surface area (Å²) in [5, 5.41) is 0. The predicted octanol–water partition coefficient (Wildman–Crippen LogP) is 16.7. The normalized spacial score (nSPS) is 19.5. The molecular weight excluding hydrogens is 1280 g/mol.